The molecule has 0 saturated carbocycles. The van der Waals surface area contributed by atoms with Crippen LogP contribution in [0.25, 0.3) is 10.9 Å². The zero-order chi connectivity index (χ0) is 17.1. The first-order valence-electron chi connectivity index (χ1n) is 7.31. The number of halogens is 1. The molecule has 0 radical (unpaired) electrons. The molecule has 4 nitrogen and oxygen atoms in total. The van der Waals surface area contributed by atoms with E-state index >= 15 is 0 Å². The number of nitrogens with zero attached hydrogens (tertiary/aromatic N) is 1. The summed E-state index contributed by atoms with van der Waals surface area (Å²) in [7, 11) is 1.72. The van der Waals surface area contributed by atoms with E-state index in [0.29, 0.717) is 5.69 Å². The number of hydrogen-bond donors (Lipinski definition) is 1. The van der Waals surface area contributed by atoms with Crippen LogP contribution >= 0.6 is 11.8 Å². The fourth-order valence-corrected chi connectivity index (χ4v) is 3.24. The number of anilines is 1. The maximum Gasteiger partial charge on any atom is 0.251 e. The maximum absolute atomic E-state index is 12.9. The minimum atomic E-state index is -0.353. The number of thioether (sulfide) groups is 1. The SMILES string of the molecule is Cn1c(=O)cc(SCC(=O)Nc2ccc(F)cc2)c2ccccc21. The second-order valence-corrected chi connectivity index (χ2v) is 6.28. The lowest BCUT2D eigenvalue weighted by molar-refractivity contribution is -0.113. The van der Waals surface area contributed by atoms with Crippen molar-refractivity contribution in [2.75, 3.05) is 11.1 Å². The van der Waals surface area contributed by atoms with E-state index in [4.69, 9.17) is 0 Å². The molecule has 6 heteroatoms. The quantitative estimate of drug-likeness (QED) is 0.739. The number of fused-ring (bicyclic) bond motifs is 1. The lowest BCUT2D eigenvalue weighted by Gasteiger charge is -2.10. The summed E-state index contributed by atoms with van der Waals surface area (Å²) in [6.45, 7) is 0. The van der Waals surface area contributed by atoms with Crippen LogP contribution in [-0.2, 0) is 11.8 Å². The molecule has 3 rings (SSSR count). The van der Waals surface area contributed by atoms with Crippen molar-refractivity contribution in [2.45, 2.75) is 4.90 Å². The van der Waals surface area contributed by atoms with Crippen molar-refractivity contribution in [3.8, 4) is 0 Å². The number of pyridine rings is 1. The van der Waals surface area contributed by atoms with Crippen LogP contribution in [-0.4, -0.2) is 16.2 Å². The van der Waals surface area contributed by atoms with Gasteiger partial charge >= 0.3 is 0 Å². The van der Waals surface area contributed by atoms with Gasteiger partial charge in [0.1, 0.15) is 5.82 Å². The molecule has 0 atom stereocenters. The van der Waals surface area contributed by atoms with Crippen LogP contribution in [0, 0.1) is 5.82 Å². The molecule has 3 aromatic rings. The van der Waals surface area contributed by atoms with Gasteiger partial charge in [0, 0.05) is 29.1 Å². The summed E-state index contributed by atoms with van der Waals surface area (Å²) in [5.74, 6) is -0.403. The fourth-order valence-electron chi connectivity index (χ4n) is 2.37. The van der Waals surface area contributed by atoms with Gasteiger partial charge in [-0.15, -0.1) is 11.8 Å². The minimum Gasteiger partial charge on any atom is -0.325 e. The highest BCUT2D eigenvalue weighted by atomic mass is 32.2. The number of para-hydroxylation sites is 1. The Balaban J connectivity index is 1.76. The second-order valence-electron chi connectivity index (χ2n) is 5.27. The Kier molecular flexibility index (Phi) is 4.66. The Labute approximate surface area is 142 Å². The molecule has 122 valence electrons. The van der Waals surface area contributed by atoms with Gasteiger partial charge in [0.25, 0.3) is 5.56 Å². The Bertz CT molecular complexity index is 951. The van der Waals surface area contributed by atoms with E-state index in [2.05, 4.69) is 5.32 Å². The topological polar surface area (TPSA) is 51.1 Å². The molecule has 1 heterocycles. The normalized spacial score (nSPS) is 10.8. The van der Waals surface area contributed by atoms with Crippen LogP contribution in [0.2, 0.25) is 0 Å². The number of aromatic nitrogens is 1. The van der Waals surface area contributed by atoms with Gasteiger partial charge in [-0.25, -0.2) is 4.39 Å². The second kappa shape index (κ2) is 6.88. The molecular weight excluding hydrogens is 327 g/mol. The number of nitrogens with one attached hydrogen (secondary N) is 1. The molecule has 0 unspecified atom stereocenters. The van der Waals surface area contributed by atoms with Crippen molar-refractivity contribution >= 4 is 34.3 Å². The van der Waals surface area contributed by atoms with E-state index in [-0.39, 0.29) is 23.0 Å². The summed E-state index contributed by atoms with van der Waals surface area (Å²) >= 11 is 1.30. The molecule has 1 amide bonds. The van der Waals surface area contributed by atoms with E-state index in [0.717, 1.165) is 15.8 Å². The molecule has 0 saturated heterocycles. The summed E-state index contributed by atoms with van der Waals surface area (Å²) in [6, 6.07) is 14.7. The molecule has 0 aliphatic carbocycles. The molecule has 0 bridgehead atoms. The summed E-state index contributed by atoms with van der Waals surface area (Å²) in [5.41, 5.74) is 1.25. The summed E-state index contributed by atoms with van der Waals surface area (Å²) in [5, 5.41) is 3.63. The average molecular weight is 342 g/mol. The highest BCUT2D eigenvalue weighted by molar-refractivity contribution is 8.00. The fraction of sp³-hybridized carbons (Fsp3) is 0.111. The third-order valence-electron chi connectivity index (χ3n) is 3.60. The van der Waals surface area contributed by atoms with E-state index in [9.17, 15) is 14.0 Å². The van der Waals surface area contributed by atoms with Crippen LogP contribution in [0.3, 0.4) is 0 Å². The van der Waals surface area contributed by atoms with Crippen LogP contribution in [0.4, 0.5) is 10.1 Å². The van der Waals surface area contributed by atoms with Gasteiger partial charge in [-0.05, 0) is 30.3 Å². The van der Waals surface area contributed by atoms with Crippen molar-refractivity contribution in [1.29, 1.82) is 0 Å². The predicted molar refractivity (Wildman–Crippen MR) is 94.9 cm³/mol. The summed E-state index contributed by atoms with van der Waals surface area (Å²) < 4.78 is 14.4. The molecular formula is C18H15FN2O2S. The van der Waals surface area contributed by atoms with E-state index in [1.165, 1.54) is 42.1 Å². The number of carbonyl (C=O) groups is 1. The smallest absolute Gasteiger partial charge is 0.251 e. The van der Waals surface area contributed by atoms with E-state index in [1.54, 1.807) is 11.6 Å². The maximum atomic E-state index is 12.9. The van der Waals surface area contributed by atoms with Crippen molar-refractivity contribution < 1.29 is 9.18 Å². The zero-order valence-electron chi connectivity index (χ0n) is 13.0. The molecule has 0 spiro atoms. The van der Waals surface area contributed by atoms with Crippen molar-refractivity contribution in [1.82, 2.24) is 4.57 Å². The predicted octanol–water partition coefficient (Wildman–Crippen LogP) is 3.41. The Hall–Kier alpha value is -2.60. The first-order chi connectivity index (χ1) is 11.5. The zero-order valence-corrected chi connectivity index (χ0v) is 13.8. The van der Waals surface area contributed by atoms with Gasteiger partial charge in [-0.2, -0.15) is 0 Å². The van der Waals surface area contributed by atoms with Gasteiger partial charge in [-0.3, -0.25) is 9.59 Å². The molecule has 1 aromatic heterocycles. The molecule has 0 aliphatic rings. The first-order valence-corrected chi connectivity index (χ1v) is 8.30. The monoisotopic (exact) mass is 342 g/mol. The number of carbonyl (C=O) groups excluding carboxylic acids is 1. The van der Waals surface area contributed by atoms with Gasteiger partial charge in [0.05, 0.1) is 11.3 Å². The van der Waals surface area contributed by atoms with Crippen LogP contribution < -0.4 is 10.9 Å². The standard InChI is InChI=1S/C18H15FN2O2S/c1-21-15-5-3-2-4-14(15)16(10-18(21)23)24-11-17(22)20-13-8-6-12(19)7-9-13/h2-10H,11H2,1H3,(H,20,22). The third-order valence-corrected chi connectivity index (χ3v) is 4.66. The van der Waals surface area contributed by atoms with Crippen LogP contribution in [0.15, 0.2) is 64.3 Å². The molecule has 2 aromatic carbocycles. The van der Waals surface area contributed by atoms with E-state index < -0.39 is 0 Å². The van der Waals surface area contributed by atoms with Gasteiger partial charge in [-0.1, -0.05) is 18.2 Å². The van der Waals surface area contributed by atoms with Gasteiger partial charge in [0.15, 0.2) is 0 Å². The number of hydrogen-bond acceptors (Lipinski definition) is 3. The molecule has 24 heavy (non-hydrogen) atoms. The lowest BCUT2D eigenvalue weighted by atomic mass is 10.2. The van der Waals surface area contributed by atoms with Gasteiger partial charge in [0.2, 0.25) is 5.91 Å². The molecule has 1 N–H and O–H groups in total. The summed E-state index contributed by atoms with van der Waals surface area (Å²) in [4.78, 5) is 24.9. The molecule has 0 aliphatic heterocycles. The first kappa shape index (κ1) is 16.3. The Morgan fingerprint density at radius 3 is 2.62 bits per heavy atom. The highest BCUT2D eigenvalue weighted by Crippen LogP contribution is 2.26. The lowest BCUT2D eigenvalue weighted by Crippen LogP contribution is -2.17. The van der Waals surface area contributed by atoms with Crippen molar-refractivity contribution in [3.05, 3.63) is 70.8 Å². The van der Waals surface area contributed by atoms with Crippen LogP contribution in [0.5, 0.6) is 0 Å². The summed E-state index contributed by atoms with van der Waals surface area (Å²) in [6.07, 6.45) is 0. The Morgan fingerprint density at radius 1 is 1.17 bits per heavy atom. The average Bonchev–Trinajstić information content (AvgIpc) is 2.59. The highest BCUT2D eigenvalue weighted by Gasteiger charge is 2.09. The number of rotatable bonds is 4. The van der Waals surface area contributed by atoms with Gasteiger partial charge < -0.3 is 9.88 Å². The number of amides is 1. The third kappa shape index (κ3) is 3.49. The van der Waals surface area contributed by atoms with E-state index in [1.807, 2.05) is 24.3 Å². The minimum absolute atomic E-state index is 0.116. The molecule has 0 fully saturated rings. The number of benzene rings is 2. The van der Waals surface area contributed by atoms with Crippen molar-refractivity contribution in [2.24, 2.45) is 7.05 Å². The number of aryl methyl sites for hydroxylation is 1. The van der Waals surface area contributed by atoms with Crippen LogP contribution in [0.1, 0.15) is 0 Å². The largest absolute Gasteiger partial charge is 0.325 e. The van der Waals surface area contributed by atoms with Crippen molar-refractivity contribution in [3.63, 3.8) is 0 Å². The Morgan fingerprint density at radius 2 is 1.88 bits per heavy atom.